The fraction of sp³-hybridized carbons (Fsp3) is 0.882. The van der Waals surface area contributed by atoms with Gasteiger partial charge in [0.15, 0.2) is 0 Å². The number of hydrogen-bond acceptors (Lipinski definition) is 4. The number of nitrogens with zero attached hydrogens (tertiary/aromatic N) is 2. The fourth-order valence-electron chi connectivity index (χ4n) is 3.68. The van der Waals surface area contributed by atoms with E-state index >= 15 is 0 Å². The zero-order chi connectivity index (χ0) is 16.3. The van der Waals surface area contributed by atoms with E-state index in [4.69, 9.17) is 10.00 Å². The van der Waals surface area contributed by atoms with E-state index in [1.807, 2.05) is 6.07 Å². The highest BCUT2D eigenvalue weighted by molar-refractivity contribution is 5.78. The van der Waals surface area contributed by atoms with Gasteiger partial charge in [-0.25, -0.2) is 0 Å². The number of nitriles is 1. The van der Waals surface area contributed by atoms with Gasteiger partial charge < -0.3 is 14.7 Å². The normalized spacial score (nSPS) is 30.7. The van der Waals surface area contributed by atoms with Crippen molar-refractivity contribution in [1.29, 1.82) is 5.26 Å². The minimum Gasteiger partial charge on any atom is -0.385 e. The molecule has 0 aromatic heterocycles. The Hall–Kier alpha value is -1.12. The van der Waals surface area contributed by atoms with E-state index in [2.05, 4.69) is 20.8 Å². The van der Waals surface area contributed by atoms with Crippen molar-refractivity contribution in [3.05, 3.63) is 0 Å². The van der Waals surface area contributed by atoms with E-state index in [0.717, 1.165) is 6.42 Å². The lowest BCUT2D eigenvalue weighted by Gasteiger charge is -2.45. The number of likely N-dealkylation sites (tertiary alicyclic amines) is 1. The predicted molar refractivity (Wildman–Crippen MR) is 82.8 cm³/mol. The molecule has 1 saturated carbocycles. The lowest BCUT2D eigenvalue weighted by Crippen LogP contribution is -2.64. The number of aliphatic hydroxyl groups is 1. The number of ether oxygens (including phenoxy) is 1. The molecule has 3 unspecified atom stereocenters. The summed E-state index contributed by atoms with van der Waals surface area (Å²) < 4.78 is 5.94. The van der Waals surface area contributed by atoms with Gasteiger partial charge in [-0.05, 0) is 30.6 Å². The molecular weight excluding hydrogens is 280 g/mol. The summed E-state index contributed by atoms with van der Waals surface area (Å²) in [5.41, 5.74) is -1.01. The van der Waals surface area contributed by atoms with E-state index < -0.39 is 5.60 Å². The summed E-state index contributed by atoms with van der Waals surface area (Å²) in [4.78, 5) is 13.7. The first-order chi connectivity index (χ1) is 10.3. The molecule has 2 fully saturated rings. The van der Waals surface area contributed by atoms with Crippen LogP contribution in [0.25, 0.3) is 0 Å². The van der Waals surface area contributed by atoms with Crippen LogP contribution in [0.3, 0.4) is 0 Å². The van der Waals surface area contributed by atoms with Gasteiger partial charge in [0.1, 0.15) is 12.2 Å². The SMILES string of the molecule is CC1CCC(C(C)C)C(OCC(=O)N2CC(O)(CC#N)C2)C1. The molecule has 124 valence electrons. The van der Waals surface area contributed by atoms with E-state index in [0.29, 0.717) is 17.8 Å². The van der Waals surface area contributed by atoms with Crippen LogP contribution in [0.4, 0.5) is 0 Å². The standard InChI is InChI=1S/C17H28N2O3/c1-12(2)14-5-4-13(3)8-15(14)22-9-16(20)19-10-17(21,11-19)6-7-18/h12-15,21H,4-6,8-11H2,1-3H3. The molecule has 2 aliphatic rings. The van der Waals surface area contributed by atoms with Crippen LogP contribution in [0.15, 0.2) is 0 Å². The minimum atomic E-state index is -1.01. The zero-order valence-corrected chi connectivity index (χ0v) is 13.9. The highest BCUT2D eigenvalue weighted by atomic mass is 16.5. The molecular formula is C17H28N2O3. The maximum atomic E-state index is 12.1. The van der Waals surface area contributed by atoms with Gasteiger partial charge >= 0.3 is 0 Å². The minimum absolute atomic E-state index is 0.0766. The maximum absolute atomic E-state index is 12.1. The highest BCUT2D eigenvalue weighted by Crippen LogP contribution is 2.35. The number of β-amino-alcohol motifs (C(OH)–C–C–N with tert-alkyl or cyclic N) is 1. The van der Waals surface area contributed by atoms with Gasteiger partial charge in [0.2, 0.25) is 5.91 Å². The number of hydrogen-bond donors (Lipinski definition) is 1. The van der Waals surface area contributed by atoms with Gasteiger partial charge in [-0.15, -0.1) is 0 Å². The average Bonchev–Trinajstić information content (AvgIpc) is 2.42. The van der Waals surface area contributed by atoms with E-state index in [-0.39, 0.29) is 38.1 Å². The Bertz CT molecular complexity index is 438. The van der Waals surface area contributed by atoms with Crippen molar-refractivity contribution in [3.63, 3.8) is 0 Å². The van der Waals surface area contributed by atoms with Gasteiger partial charge in [0.05, 0.1) is 31.7 Å². The van der Waals surface area contributed by atoms with Crippen LogP contribution >= 0.6 is 0 Å². The van der Waals surface area contributed by atoms with Crippen LogP contribution < -0.4 is 0 Å². The second kappa shape index (κ2) is 6.97. The molecule has 1 amide bonds. The Morgan fingerprint density at radius 1 is 1.45 bits per heavy atom. The number of carbonyl (C=O) groups is 1. The molecule has 2 rings (SSSR count). The number of rotatable bonds is 5. The van der Waals surface area contributed by atoms with Crippen LogP contribution in [0.1, 0.15) is 46.5 Å². The predicted octanol–water partition coefficient (Wildman–Crippen LogP) is 1.95. The van der Waals surface area contributed by atoms with E-state index in [1.54, 1.807) is 4.90 Å². The highest BCUT2D eigenvalue weighted by Gasteiger charge is 2.43. The molecule has 5 nitrogen and oxygen atoms in total. The summed E-state index contributed by atoms with van der Waals surface area (Å²) in [7, 11) is 0. The molecule has 0 bridgehead atoms. The third-order valence-corrected chi connectivity index (χ3v) is 5.11. The summed E-state index contributed by atoms with van der Waals surface area (Å²) in [5, 5.41) is 18.6. The molecule has 1 aliphatic heterocycles. The summed E-state index contributed by atoms with van der Waals surface area (Å²) in [6.07, 6.45) is 3.67. The second-order valence-corrected chi connectivity index (χ2v) is 7.48. The first-order valence-corrected chi connectivity index (χ1v) is 8.33. The summed E-state index contributed by atoms with van der Waals surface area (Å²) in [6.45, 7) is 7.26. The summed E-state index contributed by atoms with van der Waals surface area (Å²) in [5.74, 6) is 1.66. The monoisotopic (exact) mass is 308 g/mol. The molecule has 1 heterocycles. The number of amides is 1. The Morgan fingerprint density at radius 3 is 2.73 bits per heavy atom. The average molecular weight is 308 g/mol. The van der Waals surface area contributed by atoms with Crippen molar-refractivity contribution in [1.82, 2.24) is 4.90 Å². The molecule has 1 aliphatic carbocycles. The third-order valence-electron chi connectivity index (χ3n) is 5.11. The first kappa shape index (κ1) is 17.2. The van der Waals surface area contributed by atoms with Gasteiger partial charge in [-0.2, -0.15) is 5.26 Å². The van der Waals surface area contributed by atoms with Crippen molar-refractivity contribution >= 4 is 5.91 Å². The van der Waals surface area contributed by atoms with Crippen molar-refractivity contribution in [2.75, 3.05) is 19.7 Å². The smallest absolute Gasteiger partial charge is 0.248 e. The maximum Gasteiger partial charge on any atom is 0.248 e. The second-order valence-electron chi connectivity index (χ2n) is 7.48. The van der Waals surface area contributed by atoms with Gasteiger partial charge in [0, 0.05) is 0 Å². The molecule has 0 aromatic carbocycles. The quantitative estimate of drug-likeness (QED) is 0.842. The molecule has 3 atom stereocenters. The Kier molecular flexibility index (Phi) is 5.46. The van der Waals surface area contributed by atoms with E-state index in [9.17, 15) is 9.90 Å². The molecule has 1 N–H and O–H groups in total. The fourth-order valence-corrected chi connectivity index (χ4v) is 3.68. The third kappa shape index (κ3) is 3.99. The largest absolute Gasteiger partial charge is 0.385 e. The van der Waals surface area contributed by atoms with Crippen LogP contribution in [0.5, 0.6) is 0 Å². The van der Waals surface area contributed by atoms with Crippen molar-refractivity contribution in [3.8, 4) is 6.07 Å². The summed E-state index contributed by atoms with van der Waals surface area (Å²) in [6, 6.07) is 1.96. The first-order valence-electron chi connectivity index (χ1n) is 8.33. The lowest BCUT2D eigenvalue weighted by molar-refractivity contribution is -0.163. The topological polar surface area (TPSA) is 73.6 Å². The van der Waals surface area contributed by atoms with Crippen molar-refractivity contribution in [2.24, 2.45) is 17.8 Å². The van der Waals surface area contributed by atoms with Gasteiger partial charge in [-0.3, -0.25) is 4.79 Å². The van der Waals surface area contributed by atoms with Crippen molar-refractivity contribution < 1.29 is 14.6 Å². The Labute approximate surface area is 133 Å². The molecule has 0 aromatic rings. The molecule has 5 heteroatoms. The molecule has 1 saturated heterocycles. The molecule has 22 heavy (non-hydrogen) atoms. The number of carbonyl (C=O) groups excluding carboxylic acids is 1. The van der Waals surface area contributed by atoms with Gasteiger partial charge in [-0.1, -0.05) is 27.2 Å². The van der Waals surface area contributed by atoms with Crippen LogP contribution in [-0.2, 0) is 9.53 Å². The van der Waals surface area contributed by atoms with Crippen LogP contribution in [-0.4, -0.2) is 47.3 Å². The molecule has 0 spiro atoms. The van der Waals surface area contributed by atoms with Gasteiger partial charge in [0.25, 0.3) is 0 Å². The van der Waals surface area contributed by atoms with Crippen LogP contribution in [0, 0.1) is 29.1 Å². The Morgan fingerprint density at radius 2 is 2.14 bits per heavy atom. The zero-order valence-electron chi connectivity index (χ0n) is 13.9. The van der Waals surface area contributed by atoms with Crippen LogP contribution in [0.2, 0.25) is 0 Å². The van der Waals surface area contributed by atoms with Crippen molar-refractivity contribution in [2.45, 2.75) is 58.2 Å². The van der Waals surface area contributed by atoms with E-state index in [1.165, 1.54) is 12.8 Å². The lowest BCUT2D eigenvalue weighted by atomic mass is 9.75. The summed E-state index contributed by atoms with van der Waals surface area (Å²) >= 11 is 0. The Balaban J connectivity index is 1.79. The molecule has 0 radical (unpaired) electrons.